The molecule has 0 fully saturated rings. The molecule has 0 spiro atoms. The Balaban J connectivity index is 2.02. The van der Waals surface area contributed by atoms with E-state index >= 15 is 0 Å². The van der Waals surface area contributed by atoms with Gasteiger partial charge in [0.05, 0.1) is 0 Å². The van der Waals surface area contributed by atoms with Gasteiger partial charge in [0.2, 0.25) is 0 Å². The van der Waals surface area contributed by atoms with Crippen LogP contribution in [0.25, 0.3) is 0 Å². The summed E-state index contributed by atoms with van der Waals surface area (Å²) in [6.45, 7) is 4.67. The number of benzene rings is 2. The molecule has 2 heteroatoms. The highest BCUT2D eigenvalue weighted by molar-refractivity contribution is 6.31. The van der Waals surface area contributed by atoms with Crippen LogP contribution in [0.4, 0.5) is 0 Å². The molecule has 2 aromatic rings. The summed E-state index contributed by atoms with van der Waals surface area (Å²) in [6.07, 6.45) is 1.05. The zero-order valence-corrected chi connectivity index (χ0v) is 11.5. The molecule has 0 bridgehead atoms. The van der Waals surface area contributed by atoms with Crippen LogP contribution in [0, 0.1) is 6.92 Å². The van der Waals surface area contributed by atoms with Crippen molar-refractivity contribution < 1.29 is 4.74 Å². The normalized spacial score (nSPS) is 10.4. The molecule has 0 aliphatic rings. The van der Waals surface area contributed by atoms with Gasteiger partial charge in [-0.1, -0.05) is 42.8 Å². The Labute approximate surface area is 113 Å². The highest BCUT2D eigenvalue weighted by atomic mass is 35.5. The summed E-state index contributed by atoms with van der Waals surface area (Å²) in [5.41, 5.74) is 3.49. The summed E-state index contributed by atoms with van der Waals surface area (Å²) in [7, 11) is 0. The minimum absolute atomic E-state index is 0.505. The van der Waals surface area contributed by atoms with Gasteiger partial charge in [0, 0.05) is 10.6 Å². The van der Waals surface area contributed by atoms with E-state index in [0.717, 1.165) is 28.3 Å². The lowest BCUT2D eigenvalue weighted by Crippen LogP contribution is -1.96. The van der Waals surface area contributed by atoms with E-state index in [4.69, 9.17) is 16.3 Å². The van der Waals surface area contributed by atoms with Crippen LogP contribution in [0.5, 0.6) is 5.75 Å². The number of halogens is 1. The van der Waals surface area contributed by atoms with Crippen LogP contribution < -0.4 is 4.74 Å². The molecular weight excluding hydrogens is 244 g/mol. The van der Waals surface area contributed by atoms with Crippen molar-refractivity contribution in [1.82, 2.24) is 0 Å². The molecule has 0 saturated heterocycles. The van der Waals surface area contributed by atoms with E-state index in [-0.39, 0.29) is 0 Å². The molecule has 0 saturated carbocycles. The highest BCUT2D eigenvalue weighted by Gasteiger charge is 2.01. The summed E-state index contributed by atoms with van der Waals surface area (Å²) < 4.78 is 5.73. The highest BCUT2D eigenvalue weighted by Crippen LogP contribution is 2.20. The first-order chi connectivity index (χ1) is 8.69. The smallest absolute Gasteiger partial charge is 0.119 e. The lowest BCUT2D eigenvalue weighted by Gasteiger charge is -2.09. The zero-order valence-electron chi connectivity index (χ0n) is 10.7. The van der Waals surface area contributed by atoms with E-state index in [2.05, 4.69) is 19.1 Å². The Bertz CT molecular complexity index is 517. The summed E-state index contributed by atoms with van der Waals surface area (Å²) in [4.78, 5) is 0. The van der Waals surface area contributed by atoms with Crippen molar-refractivity contribution in [2.45, 2.75) is 26.9 Å². The first-order valence-electron chi connectivity index (χ1n) is 6.16. The molecular formula is C16H17ClO. The number of hydrogen-bond acceptors (Lipinski definition) is 1. The largest absolute Gasteiger partial charge is 0.489 e. The Morgan fingerprint density at radius 1 is 1.06 bits per heavy atom. The maximum Gasteiger partial charge on any atom is 0.119 e. The number of hydrogen-bond donors (Lipinski definition) is 0. The minimum Gasteiger partial charge on any atom is -0.489 e. The second kappa shape index (κ2) is 5.92. The van der Waals surface area contributed by atoms with Crippen LogP contribution in [0.15, 0.2) is 42.5 Å². The molecule has 0 aliphatic heterocycles. The molecule has 0 N–H and O–H groups in total. The van der Waals surface area contributed by atoms with E-state index in [1.165, 1.54) is 5.56 Å². The lowest BCUT2D eigenvalue weighted by molar-refractivity contribution is 0.306. The van der Waals surface area contributed by atoms with Gasteiger partial charge in [0.25, 0.3) is 0 Å². The predicted molar refractivity (Wildman–Crippen MR) is 76.3 cm³/mol. The quantitative estimate of drug-likeness (QED) is 0.768. The average Bonchev–Trinajstić information content (AvgIpc) is 2.38. The summed E-state index contributed by atoms with van der Waals surface area (Å²) >= 11 is 6.16. The van der Waals surface area contributed by atoms with Crippen molar-refractivity contribution in [1.29, 1.82) is 0 Å². The van der Waals surface area contributed by atoms with Gasteiger partial charge < -0.3 is 4.74 Å². The third-order valence-electron chi connectivity index (χ3n) is 2.93. The molecule has 0 radical (unpaired) electrons. The van der Waals surface area contributed by atoms with Crippen molar-refractivity contribution in [2.24, 2.45) is 0 Å². The van der Waals surface area contributed by atoms with Gasteiger partial charge in [-0.2, -0.15) is 0 Å². The lowest BCUT2D eigenvalue weighted by atomic mass is 10.1. The van der Waals surface area contributed by atoms with Crippen molar-refractivity contribution in [3.63, 3.8) is 0 Å². The summed E-state index contributed by atoms with van der Waals surface area (Å²) in [5, 5.41) is 0.764. The summed E-state index contributed by atoms with van der Waals surface area (Å²) in [6, 6.07) is 14.2. The Hall–Kier alpha value is -1.47. The average molecular weight is 261 g/mol. The maximum atomic E-state index is 6.16. The van der Waals surface area contributed by atoms with Crippen LogP contribution in [0.2, 0.25) is 5.02 Å². The van der Waals surface area contributed by atoms with Gasteiger partial charge in [-0.15, -0.1) is 0 Å². The van der Waals surface area contributed by atoms with Gasteiger partial charge in [-0.25, -0.2) is 0 Å². The molecule has 0 amide bonds. The number of aryl methyl sites for hydroxylation is 2. The maximum absolute atomic E-state index is 6.16. The Morgan fingerprint density at radius 2 is 1.78 bits per heavy atom. The van der Waals surface area contributed by atoms with Crippen LogP contribution in [-0.4, -0.2) is 0 Å². The van der Waals surface area contributed by atoms with E-state index in [0.29, 0.717) is 6.61 Å². The fourth-order valence-corrected chi connectivity index (χ4v) is 2.04. The topological polar surface area (TPSA) is 9.23 Å². The third kappa shape index (κ3) is 3.27. The molecule has 2 aromatic carbocycles. The molecule has 2 rings (SSSR count). The first kappa shape index (κ1) is 13.0. The molecule has 0 aliphatic carbocycles. The van der Waals surface area contributed by atoms with Crippen LogP contribution in [0.3, 0.4) is 0 Å². The van der Waals surface area contributed by atoms with Crippen molar-refractivity contribution in [3.8, 4) is 5.75 Å². The van der Waals surface area contributed by atoms with Crippen LogP contribution >= 0.6 is 11.6 Å². The van der Waals surface area contributed by atoms with E-state index in [1.54, 1.807) is 0 Å². The third-order valence-corrected chi connectivity index (χ3v) is 3.29. The van der Waals surface area contributed by atoms with Crippen molar-refractivity contribution in [3.05, 3.63) is 64.2 Å². The summed E-state index contributed by atoms with van der Waals surface area (Å²) in [5.74, 6) is 0.879. The van der Waals surface area contributed by atoms with Gasteiger partial charge in [0.15, 0.2) is 0 Å². The number of ether oxygens (including phenoxy) is 1. The van der Waals surface area contributed by atoms with E-state index < -0.39 is 0 Å². The molecule has 18 heavy (non-hydrogen) atoms. The molecule has 94 valence electrons. The van der Waals surface area contributed by atoms with Gasteiger partial charge in [-0.05, 0) is 42.7 Å². The van der Waals surface area contributed by atoms with Crippen LogP contribution in [0.1, 0.15) is 23.6 Å². The predicted octanol–water partition coefficient (Wildman–Crippen LogP) is 4.79. The number of rotatable bonds is 4. The van der Waals surface area contributed by atoms with Crippen molar-refractivity contribution >= 4 is 11.6 Å². The monoisotopic (exact) mass is 260 g/mol. The van der Waals surface area contributed by atoms with Crippen molar-refractivity contribution in [2.75, 3.05) is 0 Å². The molecule has 0 aromatic heterocycles. The van der Waals surface area contributed by atoms with Gasteiger partial charge in [0.1, 0.15) is 12.4 Å². The first-order valence-corrected chi connectivity index (χ1v) is 6.53. The zero-order chi connectivity index (χ0) is 13.0. The Kier molecular flexibility index (Phi) is 4.27. The fraction of sp³-hybridized carbons (Fsp3) is 0.250. The minimum atomic E-state index is 0.505. The second-order valence-electron chi connectivity index (χ2n) is 4.38. The van der Waals surface area contributed by atoms with Gasteiger partial charge >= 0.3 is 0 Å². The molecule has 0 atom stereocenters. The Morgan fingerprint density at radius 3 is 2.39 bits per heavy atom. The molecule has 1 nitrogen and oxygen atoms in total. The van der Waals surface area contributed by atoms with E-state index in [9.17, 15) is 0 Å². The molecule has 0 unspecified atom stereocenters. The standard InChI is InChI=1S/C16H17ClO/c1-3-13-5-8-15(9-6-13)18-11-14-7-4-12(2)10-16(14)17/h4-10H,3,11H2,1-2H3. The second-order valence-corrected chi connectivity index (χ2v) is 4.79. The van der Waals surface area contributed by atoms with E-state index in [1.807, 2.05) is 37.3 Å². The fourth-order valence-electron chi connectivity index (χ4n) is 1.75. The SMILES string of the molecule is CCc1ccc(OCc2ccc(C)cc2Cl)cc1. The van der Waals surface area contributed by atoms with Gasteiger partial charge in [-0.3, -0.25) is 0 Å². The molecule has 0 heterocycles. The van der Waals surface area contributed by atoms with Crippen LogP contribution in [-0.2, 0) is 13.0 Å².